The second-order valence-corrected chi connectivity index (χ2v) is 6.42. The lowest BCUT2D eigenvalue weighted by Crippen LogP contribution is -2.21. The molecule has 2 aromatic rings. The van der Waals surface area contributed by atoms with E-state index in [1.807, 2.05) is 25.1 Å². The molecule has 0 amide bonds. The minimum Gasteiger partial charge on any atom is -0.310 e. The third-order valence-corrected chi connectivity index (χ3v) is 4.16. The summed E-state index contributed by atoms with van der Waals surface area (Å²) in [6.07, 6.45) is 2.16. The zero-order valence-electron chi connectivity index (χ0n) is 12.7. The van der Waals surface area contributed by atoms with Crippen LogP contribution in [0.3, 0.4) is 0 Å². The number of thiazole rings is 1. The monoisotopic (exact) mass is 289 g/mol. The maximum absolute atomic E-state index is 4.81. The minimum atomic E-state index is 0.493. The largest absolute Gasteiger partial charge is 0.310 e. The summed E-state index contributed by atoms with van der Waals surface area (Å²) < 4.78 is 0. The number of aryl methyl sites for hydroxylation is 2. The summed E-state index contributed by atoms with van der Waals surface area (Å²) in [5.41, 5.74) is 3.25. The fourth-order valence-corrected chi connectivity index (χ4v) is 3.05. The van der Waals surface area contributed by atoms with Crippen LogP contribution in [0.25, 0.3) is 10.7 Å². The Kier molecular flexibility index (Phi) is 5.26. The number of hydrogen-bond acceptors (Lipinski definition) is 4. The molecule has 0 saturated heterocycles. The van der Waals surface area contributed by atoms with Gasteiger partial charge in [-0.3, -0.25) is 4.98 Å². The maximum Gasteiger partial charge on any atom is 0.142 e. The van der Waals surface area contributed by atoms with Crippen LogP contribution in [0.15, 0.2) is 18.2 Å². The lowest BCUT2D eigenvalue weighted by molar-refractivity contribution is 0.589. The van der Waals surface area contributed by atoms with E-state index in [-0.39, 0.29) is 0 Å². The first-order valence-electron chi connectivity index (χ1n) is 7.26. The van der Waals surface area contributed by atoms with E-state index in [9.17, 15) is 0 Å². The van der Waals surface area contributed by atoms with Crippen LogP contribution in [-0.4, -0.2) is 16.0 Å². The number of aromatic nitrogens is 2. The zero-order chi connectivity index (χ0) is 14.5. The molecule has 1 N–H and O–H groups in total. The Hall–Kier alpha value is -1.26. The first-order valence-corrected chi connectivity index (χ1v) is 8.07. The summed E-state index contributed by atoms with van der Waals surface area (Å²) >= 11 is 1.77. The molecule has 4 heteroatoms. The molecule has 0 bridgehead atoms. The molecule has 0 atom stereocenters. The smallest absolute Gasteiger partial charge is 0.142 e. The molecule has 2 heterocycles. The molecule has 2 rings (SSSR count). The number of hydrogen-bond donors (Lipinski definition) is 1. The fraction of sp³-hybridized carbons (Fsp3) is 0.500. The van der Waals surface area contributed by atoms with E-state index in [2.05, 4.69) is 31.1 Å². The first kappa shape index (κ1) is 15.1. The average molecular weight is 289 g/mol. The van der Waals surface area contributed by atoms with Gasteiger partial charge in [0.2, 0.25) is 0 Å². The van der Waals surface area contributed by atoms with Crippen LogP contribution >= 0.6 is 11.3 Å². The molecule has 0 spiro atoms. The van der Waals surface area contributed by atoms with Gasteiger partial charge in [0.05, 0.1) is 11.4 Å². The van der Waals surface area contributed by atoms with Gasteiger partial charge in [-0.1, -0.05) is 33.3 Å². The number of rotatable bonds is 6. The van der Waals surface area contributed by atoms with Crippen molar-refractivity contribution in [3.05, 3.63) is 34.5 Å². The highest BCUT2D eigenvalue weighted by atomic mass is 32.1. The van der Waals surface area contributed by atoms with E-state index in [1.165, 1.54) is 10.6 Å². The molecule has 0 aromatic carbocycles. The van der Waals surface area contributed by atoms with Gasteiger partial charge in [-0.05, 0) is 25.5 Å². The van der Waals surface area contributed by atoms with Crippen molar-refractivity contribution in [2.45, 2.75) is 53.1 Å². The summed E-state index contributed by atoms with van der Waals surface area (Å²) in [5.74, 6) is 0. The van der Waals surface area contributed by atoms with Gasteiger partial charge in [0.25, 0.3) is 0 Å². The number of nitrogens with one attached hydrogen (secondary N) is 1. The van der Waals surface area contributed by atoms with E-state index in [0.717, 1.165) is 35.8 Å². The molecule has 0 aliphatic carbocycles. The fourth-order valence-electron chi connectivity index (χ4n) is 2.02. The summed E-state index contributed by atoms with van der Waals surface area (Å²) in [6, 6.07) is 6.60. The van der Waals surface area contributed by atoms with E-state index in [1.54, 1.807) is 11.3 Å². The van der Waals surface area contributed by atoms with Crippen LogP contribution in [0.4, 0.5) is 0 Å². The molecule has 0 radical (unpaired) electrons. The summed E-state index contributed by atoms with van der Waals surface area (Å²) in [5, 5.41) is 4.53. The Labute approximate surface area is 125 Å². The highest BCUT2D eigenvalue weighted by Gasteiger charge is 2.13. The quantitative estimate of drug-likeness (QED) is 0.874. The highest BCUT2D eigenvalue weighted by Crippen LogP contribution is 2.28. The Morgan fingerprint density at radius 2 is 2.05 bits per heavy atom. The molecular weight excluding hydrogens is 266 g/mol. The minimum absolute atomic E-state index is 0.493. The van der Waals surface area contributed by atoms with Gasteiger partial charge >= 0.3 is 0 Å². The van der Waals surface area contributed by atoms with Crippen LogP contribution in [0.5, 0.6) is 0 Å². The van der Waals surface area contributed by atoms with Crippen LogP contribution in [0.1, 0.15) is 43.5 Å². The third-order valence-electron chi connectivity index (χ3n) is 3.04. The van der Waals surface area contributed by atoms with Crippen molar-refractivity contribution in [1.82, 2.24) is 15.3 Å². The average Bonchev–Trinajstić information content (AvgIpc) is 2.80. The molecular formula is C16H23N3S. The van der Waals surface area contributed by atoms with E-state index < -0.39 is 0 Å². The van der Waals surface area contributed by atoms with E-state index >= 15 is 0 Å². The van der Waals surface area contributed by atoms with Crippen molar-refractivity contribution in [2.24, 2.45) is 0 Å². The van der Waals surface area contributed by atoms with Crippen LogP contribution in [-0.2, 0) is 13.0 Å². The summed E-state index contributed by atoms with van der Waals surface area (Å²) in [6.45, 7) is 9.46. The number of nitrogens with zero attached hydrogens (tertiary/aromatic N) is 2. The predicted molar refractivity (Wildman–Crippen MR) is 86.1 cm³/mol. The van der Waals surface area contributed by atoms with Crippen molar-refractivity contribution < 1.29 is 0 Å². The predicted octanol–water partition coefficient (Wildman–Crippen LogP) is 3.96. The van der Waals surface area contributed by atoms with Gasteiger partial charge in [0.15, 0.2) is 0 Å². The molecule has 20 heavy (non-hydrogen) atoms. The number of pyridine rings is 1. The molecule has 0 unspecified atom stereocenters. The normalized spacial score (nSPS) is 11.2. The van der Waals surface area contributed by atoms with Gasteiger partial charge in [-0.25, -0.2) is 4.98 Å². The highest BCUT2D eigenvalue weighted by molar-refractivity contribution is 7.15. The maximum atomic E-state index is 4.81. The van der Waals surface area contributed by atoms with Crippen molar-refractivity contribution >= 4 is 11.3 Å². The molecule has 0 aliphatic heterocycles. The lowest BCUT2D eigenvalue weighted by atomic mass is 10.2. The summed E-state index contributed by atoms with van der Waals surface area (Å²) in [4.78, 5) is 10.7. The lowest BCUT2D eigenvalue weighted by Gasteiger charge is -2.07. The van der Waals surface area contributed by atoms with Gasteiger partial charge in [-0.2, -0.15) is 0 Å². The standard InChI is InChI=1S/C16H23N3S/c1-5-7-13-15(10-17-11(2)3)20-16(19-13)14-9-6-8-12(4)18-14/h6,8-9,11,17H,5,7,10H2,1-4H3. The van der Waals surface area contributed by atoms with Crippen molar-refractivity contribution in [2.75, 3.05) is 0 Å². The van der Waals surface area contributed by atoms with Gasteiger partial charge < -0.3 is 5.32 Å². The van der Waals surface area contributed by atoms with Crippen LogP contribution in [0, 0.1) is 6.92 Å². The van der Waals surface area contributed by atoms with E-state index in [0.29, 0.717) is 6.04 Å². The molecule has 2 aromatic heterocycles. The molecule has 0 saturated carbocycles. The van der Waals surface area contributed by atoms with Crippen molar-refractivity contribution in [3.8, 4) is 10.7 Å². The van der Waals surface area contributed by atoms with Gasteiger partial charge in [0, 0.05) is 23.2 Å². The molecule has 0 fully saturated rings. The van der Waals surface area contributed by atoms with Gasteiger partial charge in [0.1, 0.15) is 5.01 Å². The van der Waals surface area contributed by atoms with Crippen molar-refractivity contribution in [3.63, 3.8) is 0 Å². The first-order chi connectivity index (χ1) is 9.60. The topological polar surface area (TPSA) is 37.8 Å². The molecule has 0 aliphatic rings. The van der Waals surface area contributed by atoms with Crippen molar-refractivity contribution in [1.29, 1.82) is 0 Å². The molecule has 108 valence electrons. The second-order valence-electron chi connectivity index (χ2n) is 5.34. The Balaban J connectivity index is 2.28. The second kappa shape index (κ2) is 6.95. The SMILES string of the molecule is CCCc1nc(-c2cccc(C)n2)sc1CNC(C)C. The third kappa shape index (κ3) is 3.87. The Morgan fingerprint density at radius 1 is 1.25 bits per heavy atom. The Morgan fingerprint density at radius 3 is 2.70 bits per heavy atom. The Bertz CT molecular complexity index is 561. The van der Waals surface area contributed by atoms with E-state index in [4.69, 9.17) is 4.98 Å². The zero-order valence-corrected chi connectivity index (χ0v) is 13.5. The van der Waals surface area contributed by atoms with Crippen LogP contribution in [0.2, 0.25) is 0 Å². The molecule has 3 nitrogen and oxygen atoms in total. The van der Waals surface area contributed by atoms with Gasteiger partial charge in [-0.15, -0.1) is 11.3 Å². The van der Waals surface area contributed by atoms with Crippen LogP contribution < -0.4 is 5.32 Å². The summed E-state index contributed by atoms with van der Waals surface area (Å²) in [7, 11) is 0.